The first-order valence-corrected chi connectivity index (χ1v) is 10.3. The summed E-state index contributed by atoms with van der Waals surface area (Å²) in [6.07, 6.45) is -8.29. The number of ketones is 1. The maximum Gasteiger partial charge on any atom is 0.308 e. The molecule has 0 aromatic heterocycles. The van der Waals surface area contributed by atoms with E-state index in [1.165, 1.54) is 0 Å². The minimum atomic E-state index is -1.84. The fourth-order valence-corrected chi connectivity index (χ4v) is 3.97. The molecule has 11 heteroatoms. The predicted octanol–water partition coefficient (Wildman–Crippen LogP) is -0.367. The van der Waals surface area contributed by atoms with Crippen LogP contribution < -0.4 is 0 Å². The van der Waals surface area contributed by atoms with Crippen molar-refractivity contribution in [2.45, 2.75) is 89.7 Å². The van der Waals surface area contributed by atoms with E-state index >= 15 is 0 Å². The van der Waals surface area contributed by atoms with Crippen molar-refractivity contribution in [3.05, 3.63) is 11.3 Å². The fourth-order valence-electron chi connectivity index (χ4n) is 3.97. The Morgan fingerprint density at radius 3 is 2.31 bits per heavy atom. The van der Waals surface area contributed by atoms with Crippen molar-refractivity contribution in [1.29, 1.82) is 0 Å². The largest absolute Gasteiger partial charge is 0.481 e. The lowest BCUT2D eigenvalue weighted by Gasteiger charge is -2.41. The number of Topliss-reactive ketones (excluding diaryl/α,β-unsaturated/α-hetero) is 1. The molecular formula is C21H32O11. The van der Waals surface area contributed by atoms with E-state index in [0.717, 1.165) is 6.92 Å². The standard InChI is InChI=1S/C21H32O11/c1-10-5-20(2,3)6-11(22)18(10)32-19-17(28)16(27)15(26)12(31-19)9-30-14(25)8-21(4,29)7-13(23)24/h12,15-17,19,26-29H,5-9H2,1-4H3,(H,23,24)/t12-,15-,16+,17-,19+,21?/m1/s1. The van der Waals surface area contributed by atoms with Gasteiger partial charge in [0.15, 0.2) is 11.5 Å². The molecule has 182 valence electrons. The van der Waals surface area contributed by atoms with Crippen LogP contribution in [0.5, 0.6) is 0 Å². The molecule has 1 saturated heterocycles. The van der Waals surface area contributed by atoms with Crippen LogP contribution in [0.1, 0.15) is 53.4 Å². The van der Waals surface area contributed by atoms with E-state index in [1.807, 2.05) is 13.8 Å². The lowest BCUT2D eigenvalue weighted by atomic mass is 9.76. The van der Waals surface area contributed by atoms with Crippen LogP contribution in [0.4, 0.5) is 0 Å². The molecule has 2 rings (SSSR count). The highest BCUT2D eigenvalue weighted by atomic mass is 16.7. The van der Waals surface area contributed by atoms with E-state index in [1.54, 1.807) is 6.92 Å². The minimum absolute atomic E-state index is 0.0254. The van der Waals surface area contributed by atoms with Gasteiger partial charge in [-0.3, -0.25) is 14.4 Å². The van der Waals surface area contributed by atoms with Crippen molar-refractivity contribution in [3.8, 4) is 0 Å². The van der Waals surface area contributed by atoms with Crippen molar-refractivity contribution in [2.24, 2.45) is 5.41 Å². The van der Waals surface area contributed by atoms with Gasteiger partial charge >= 0.3 is 11.9 Å². The number of carbonyl (C=O) groups excluding carboxylic acids is 2. The molecule has 5 N–H and O–H groups in total. The zero-order valence-electron chi connectivity index (χ0n) is 18.6. The number of carboxylic acids is 1. The van der Waals surface area contributed by atoms with E-state index < -0.39 is 67.7 Å². The molecule has 32 heavy (non-hydrogen) atoms. The Balaban J connectivity index is 2.04. The number of allylic oxidation sites excluding steroid dienone is 2. The molecule has 1 fully saturated rings. The monoisotopic (exact) mass is 460 g/mol. The Labute approximate surface area is 185 Å². The molecule has 0 saturated carbocycles. The zero-order chi connectivity index (χ0) is 24.4. The number of hydrogen-bond acceptors (Lipinski definition) is 10. The van der Waals surface area contributed by atoms with Gasteiger partial charge in [-0.15, -0.1) is 0 Å². The number of aliphatic hydroxyl groups excluding tert-OH is 3. The Bertz CT molecular complexity index is 770. The molecule has 11 nitrogen and oxygen atoms in total. The summed E-state index contributed by atoms with van der Waals surface area (Å²) in [6.45, 7) is 6.20. The number of ether oxygens (including phenoxy) is 3. The first kappa shape index (κ1) is 26.2. The molecule has 0 amide bonds. The highest BCUT2D eigenvalue weighted by Crippen LogP contribution is 2.38. The zero-order valence-corrected chi connectivity index (χ0v) is 18.6. The van der Waals surface area contributed by atoms with Crippen LogP contribution in [0.25, 0.3) is 0 Å². The third-order valence-electron chi connectivity index (χ3n) is 5.39. The summed E-state index contributed by atoms with van der Waals surface area (Å²) in [5.74, 6) is -2.50. The number of aliphatic hydroxyl groups is 4. The lowest BCUT2D eigenvalue weighted by molar-refractivity contribution is -0.292. The van der Waals surface area contributed by atoms with Crippen molar-refractivity contribution < 1.29 is 54.1 Å². The number of hydrogen-bond donors (Lipinski definition) is 5. The Morgan fingerprint density at radius 2 is 1.75 bits per heavy atom. The normalized spacial score (nSPS) is 32.2. The number of carboxylic acid groups (broad SMARTS) is 1. The minimum Gasteiger partial charge on any atom is -0.481 e. The summed E-state index contributed by atoms with van der Waals surface area (Å²) in [7, 11) is 0. The van der Waals surface area contributed by atoms with Crippen LogP contribution in [-0.2, 0) is 28.6 Å². The van der Waals surface area contributed by atoms with Crippen LogP contribution in [0, 0.1) is 5.41 Å². The van der Waals surface area contributed by atoms with Gasteiger partial charge in [-0.05, 0) is 31.3 Å². The number of esters is 1. The van der Waals surface area contributed by atoms with Crippen LogP contribution in [0.3, 0.4) is 0 Å². The number of rotatable bonds is 8. The molecule has 1 unspecified atom stereocenters. The van der Waals surface area contributed by atoms with Gasteiger partial charge in [0, 0.05) is 6.42 Å². The first-order valence-electron chi connectivity index (χ1n) is 10.3. The van der Waals surface area contributed by atoms with Crippen molar-refractivity contribution >= 4 is 17.7 Å². The Morgan fingerprint density at radius 1 is 1.12 bits per heavy atom. The van der Waals surface area contributed by atoms with Crippen molar-refractivity contribution in [1.82, 2.24) is 0 Å². The molecular weight excluding hydrogens is 428 g/mol. The molecule has 0 spiro atoms. The third-order valence-corrected chi connectivity index (χ3v) is 5.39. The Hall–Kier alpha value is -2.05. The lowest BCUT2D eigenvalue weighted by Crippen LogP contribution is -2.59. The average molecular weight is 460 g/mol. The van der Waals surface area contributed by atoms with Crippen LogP contribution in [0.2, 0.25) is 0 Å². The summed E-state index contributed by atoms with van der Waals surface area (Å²) < 4.78 is 16.0. The SMILES string of the molecule is CC1=C(O[C@@H]2O[C@H](COC(=O)CC(C)(O)CC(=O)O)[C@@H](O)[C@H](O)[C@H]2O)C(=O)CC(C)(C)C1. The third kappa shape index (κ3) is 6.72. The molecule has 2 aliphatic rings. The molecule has 6 atom stereocenters. The van der Waals surface area contributed by atoms with Gasteiger partial charge in [-0.25, -0.2) is 0 Å². The van der Waals surface area contributed by atoms with Gasteiger partial charge in [0.05, 0.1) is 18.4 Å². The van der Waals surface area contributed by atoms with E-state index in [4.69, 9.17) is 19.3 Å². The van der Waals surface area contributed by atoms with Gasteiger partial charge in [-0.1, -0.05) is 13.8 Å². The average Bonchev–Trinajstić information content (AvgIpc) is 2.61. The highest BCUT2D eigenvalue weighted by Gasteiger charge is 2.47. The fraction of sp³-hybridized carbons (Fsp3) is 0.762. The topological polar surface area (TPSA) is 180 Å². The van der Waals surface area contributed by atoms with Crippen LogP contribution in [-0.4, -0.2) is 86.2 Å². The quantitative estimate of drug-likeness (QED) is 0.298. The summed E-state index contributed by atoms with van der Waals surface area (Å²) >= 11 is 0. The van der Waals surface area contributed by atoms with Crippen molar-refractivity contribution in [2.75, 3.05) is 6.61 Å². The van der Waals surface area contributed by atoms with Crippen molar-refractivity contribution in [3.63, 3.8) is 0 Å². The molecule has 1 aliphatic heterocycles. The maximum absolute atomic E-state index is 12.5. The van der Waals surface area contributed by atoms with Gasteiger partial charge in [0.1, 0.15) is 31.0 Å². The number of carbonyl (C=O) groups is 3. The predicted molar refractivity (Wildman–Crippen MR) is 107 cm³/mol. The van der Waals surface area contributed by atoms with Crippen LogP contribution >= 0.6 is 0 Å². The molecule has 0 radical (unpaired) electrons. The van der Waals surface area contributed by atoms with Crippen LogP contribution in [0.15, 0.2) is 11.3 Å². The second-order valence-electron chi connectivity index (χ2n) is 9.61. The second kappa shape index (κ2) is 9.84. The summed E-state index contributed by atoms with van der Waals surface area (Å²) in [4.78, 5) is 35.2. The molecule has 0 bridgehead atoms. The smallest absolute Gasteiger partial charge is 0.308 e. The van der Waals surface area contributed by atoms with Gasteiger partial charge in [0.2, 0.25) is 6.29 Å². The molecule has 1 aliphatic carbocycles. The highest BCUT2D eigenvalue weighted by molar-refractivity contribution is 5.95. The van der Waals surface area contributed by atoms with E-state index in [0.29, 0.717) is 12.0 Å². The maximum atomic E-state index is 12.5. The summed E-state index contributed by atoms with van der Waals surface area (Å²) in [5, 5.41) is 49.3. The van der Waals surface area contributed by atoms with Gasteiger partial charge < -0.3 is 39.7 Å². The number of aliphatic carboxylic acids is 1. The second-order valence-corrected chi connectivity index (χ2v) is 9.61. The molecule has 0 aromatic rings. The van der Waals surface area contributed by atoms with E-state index in [2.05, 4.69) is 0 Å². The summed E-state index contributed by atoms with van der Waals surface area (Å²) in [5.41, 5.74) is -1.42. The van der Waals surface area contributed by atoms with Gasteiger partial charge in [-0.2, -0.15) is 0 Å². The first-order chi connectivity index (χ1) is 14.6. The molecule has 0 aromatic carbocycles. The molecule has 1 heterocycles. The van der Waals surface area contributed by atoms with Gasteiger partial charge in [0.25, 0.3) is 0 Å². The van der Waals surface area contributed by atoms with E-state index in [-0.39, 0.29) is 23.4 Å². The Kier molecular flexibility index (Phi) is 8.05. The summed E-state index contributed by atoms with van der Waals surface area (Å²) in [6, 6.07) is 0. The van der Waals surface area contributed by atoms with E-state index in [9.17, 15) is 34.8 Å².